The molecule has 0 spiro atoms. The molecule has 4 nitrogen and oxygen atoms in total. The fourth-order valence-electron chi connectivity index (χ4n) is 0.872. The molecule has 56 valence electrons. The van der Waals surface area contributed by atoms with Gasteiger partial charge in [0.25, 0.3) is 0 Å². The number of aromatic nitrogens is 4. The maximum atomic E-state index is 3.88. The lowest BCUT2D eigenvalue weighted by Crippen LogP contribution is -2.02. The van der Waals surface area contributed by atoms with E-state index in [2.05, 4.69) is 22.4 Å². The van der Waals surface area contributed by atoms with Crippen LogP contribution in [-0.2, 0) is 13.0 Å². The van der Waals surface area contributed by atoms with Gasteiger partial charge in [0.2, 0.25) is 0 Å². The standard InChI is InChI=1S/C6H12N4/c1-3-5-6-7-8-9-10(6)4-2/h3-5H2,1-2H3. The first-order chi connectivity index (χ1) is 4.88. The van der Waals surface area contributed by atoms with Gasteiger partial charge in [0.05, 0.1) is 0 Å². The Morgan fingerprint density at radius 1 is 1.40 bits per heavy atom. The first-order valence-corrected chi connectivity index (χ1v) is 3.63. The molecule has 1 heterocycles. The molecular formula is C6H12N4. The normalized spacial score (nSPS) is 10.2. The molecule has 1 aromatic heterocycles. The van der Waals surface area contributed by atoms with E-state index in [4.69, 9.17) is 0 Å². The highest BCUT2D eigenvalue weighted by molar-refractivity contribution is 4.79. The summed E-state index contributed by atoms with van der Waals surface area (Å²) >= 11 is 0. The largest absolute Gasteiger partial charge is 0.230 e. The van der Waals surface area contributed by atoms with Crippen molar-refractivity contribution < 1.29 is 0 Å². The molecule has 0 aliphatic rings. The molecule has 0 saturated carbocycles. The van der Waals surface area contributed by atoms with Gasteiger partial charge >= 0.3 is 0 Å². The van der Waals surface area contributed by atoms with Crippen LogP contribution in [0.4, 0.5) is 0 Å². The van der Waals surface area contributed by atoms with Crippen LogP contribution in [0.15, 0.2) is 0 Å². The lowest BCUT2D eigenvalue weighted by atomic mass is 10.3. The Labute approximate surface area is 60.2 Å². The third-order valence-electron chi connectivity index (χ3n) is 1.38. The number of rotatable bonds is 3. The van der Waals surface area contributed by atoms with Crippen molar-refractivity contribution in [3.05, 3.63) is 5.82 Å². The third kappa shape index (κ3) is 1.32. The van der Waals surface area contributed by atoms with Crippen LogP contribution in [0.3, 0.4) is 0 Å². The molecule has 0 unspecified atom stereocenters. The lowest BCUT2D eigenvalue weighted by molar-refractivity contribution is 0.593. The van der Waals surface area contributed by atoms with Crippen LogP contribution in [0.2, 0.25) is 0 Å². The van der Waals surface area contributed by atoms with Gasteiger partial charge in [0.15, 0.2) is 5.82 Å². The highest BCUT2D eigenvalue weighted by Gasteiger charge is 2.00. The molecule has 0 saturated heterocycles. The van der Waals surface area contributed by atoms with E-state index in [-0.39, 0.29) is 0 Å². The first-order valence-electron chi connectivity index (χ1n) is 3.63. The van der Waals surface area contributed by atoms with E-state index in [1.807, 2.05) is 11.6 Å². The molecule has 0 radical (unpaired) electrons. The Hall–Kier alpha value is -0.930. The first kappa shape index (κ1) is 7.18. The van der Waals surface area contributed by atoms with Crippen molar-refractivity contribution in [2.45, 2.75) is 33.2 Å². The quantitative estimate of drug-likeness (QED) is 0.619. The Bertz CT molecular complexity index is 193. The summed E-state index contributed by atoms with van der Waals surface area (Å²) in [7, 11) is 0. The van der Waals surface area contributed by atoms with Crippen molar-refractivity contribution in [3.8, 4) is 0 Å². The molecule has 0 amide bonds. The van der Waals surface area contributed by atoms with Crippen LogP contribution in [0, 0.1) is 0 Å². The van der Waals surface area contributed by atoms with E-state index in [1.54, 1.807) is 0 Å². The molecule has 0 fully saturated rings. The van der Waals surface area contributed by atoms with Gasteiger partial charge in [0.1, 0.15) is 0 Å². The maximum Gasteiger partial charge on any atom is 0.151 e. The molecule has 0 aromatic carbocycles. The smallest absolute Gasteiger partial charge is 0.151 e. The zero-order chi connectivity index (χ0) is 7.40. The minimum atomic E-state index is 0.863. The summed E-state index contributed by atoms with van der Waals surface area (Å²) in [6.45, 7) is 5.02. The van der Waals surface area contributed by atoms with E-state index >= 15 is 0 Å². The van der Waals surface area contributed by atoms with Crippen molar-refractivity contribution in [2.75, 3.05) is 0 Å². The van der Waals surface area contributed by atoms with E-state index in [1.165, 1.54) is 0 Å². The zero-order valence-electron chi connectivity index (χ0n) is 6.41. The molecule has 0 atom stereocenters. The van der Waals surface area contributed by atoms with Gasteiger partial charge in [-0.1, -0.05) is 6.92 Å². The second-order valence-electron chi connectivity index (χ2n) is 2.16. The SMILES string of the molecule is CCCc1nnnn1CC. The summed E-state index contributed by atoms with van der Waals surface area (Å²) < 4.78 is 1.82. The van der Waals surface area contributed by atoms with Gasteiger partial charge in [-0.2, -0.15) is 0 Å². The molecule has 0 aliphatic carbocycles. The number of tetrazole rings is 1. The monoisotopic (exact) mass is 140 g/mol. The summed E-state index contributed by atoms with van der Waals surface area (Å²) in [4.78, 5) is 0. The van der Waals surface area contributed by atoms with Crippen molar-refractivity contribution in [1.82, 2.24) is 20.2 Å². The summed E-state index contributed by atoms with van der Waals surface area (Å²) in [5.41, 5.74) is 0. The highest BCUT2D eigenvalue weighted by atomic mass is 15.5. The summed E-state index contributed by atoms with van der Waals surface area (Å²) in [5.74, 6) is 0.991. The lowest BCUT2D eigenvalue weighted by Gasteiger charge is -1.96. The molecule has 0 aliphatic heterocycles. The van der Waals surface area contributed by atoms with E-state index < -0.39 is 0 Å². The van der Waals surface area contributed by atoms with Gasteiger partial charge in [-0.25, -0.2) is 4.68 Å². The van der Waals surface area contributed by atoms with Crippen LogP contribution < -0.4 is 0 Å². The predicted molar refractivity (Wildman–Crippen MR) is 37.5 cm³/mol. The van der Waals surface area contributed by atoms with Crippen molar-refractivity contribution in [3.63, 3.8) is 0 Å². The Kier molecular flexibility index (Phi) is 2.36. The Morgan fingerprint density at radius 2 is 2.20 bits per heavy atom. The summed E-state index contributed by atoms with van der Waals surface area (Å²) in [5, 5.41) is 11.3. The maximum absolute atomic E-state index is 3.88. The summed E-state index contributed by atoms with van der Waals surface area (Å²) in [6, 6.07) is 0. The van der Waals surface area contributed by atoms with Crippen molar-refractivity contribution in [2.24, 2.45) is 0 Å². The average Bonchev–Trinajstić information content (AvgIpc) is 2.36. The second-order valence-corrected chi connectivity index (χ2v) is 2.16. The van der Waals surface area contributed by atoms with Gasteiger partial charge in [-0.05, 0) is 23.8 Å². The van der Waals surface area contributed by atoms with Gasteiger partial charge in [0, 0.05) is 13.0 Å². The average molecular weight is 140 g/mol. The Morgan fingerprint density at radius 3 is 2.80 bits per heavy atom. The van der Waals surface area contributed by atoms with Crippen molar-refractivity contribution >= 4 is 0 Å². The summed E-state index contributed by atoms with van der Waals surface area (Å²) in [6.07, 6.45) is 2.07. The topological polar surface area (TPSA) is 43.6 Å². The fourth-order valence-corrected chi connectivity index (χ4v) is 0.872. The minimum absolute atomic E-state index is 0.863. The number of hydrogen-bond acceptors (Lipinski definition) is 3. The van der Waals surface area contributed by atoms with Crippen LogP contribution in [0.25, 0.3) is 0 Å². The molecular weight excluding hydrogens is 128 g/mol. The van der Waals surface area contributed by atoms with Gasteiger partial charge < -0.3 is 0 Å². The molecule has 0 bridgehead atoms. The Balaban J connectivity index is 2.70. The van der Waals surface area contributed by atoms with Crippen molar-refractivity contribution in [1.29, 1.82) is 0 Å². The van der Waals surface area contributed by atoms with Gasteiger partial charge in [-0.3, -0.25) is 0 Å². The number of hydrogen-bond donors (Lipinski definition) is 0. The highest BCUT2D eigenvalue weighted by Crippen LogP contribution is 1.95. The van der Waals surface area contributed by atoms with E-state index in [0.29, 0.717) is 0 Å². The molecule has 0 N–H and O–H groups in total. The van der Waals surface area contributed by atoms with Crippen LogP contribution in [0.1, 0.15) is 26.1 Å². The molecule has 1 rings (SSSR count). The number of aryl methyl sites for hydroxylation is 2. The minimum Gasteiger partial charge on any atom is -0.230 e. The molecule has 4 heteroatoms. The molecule has 10 heavy (non-hydrogen) atoms. The zero-order valence-corrected chi connectivity index (χ0v) is 6.41. The number of nitrogens with zero attached hydrogens (tertiary/aromatic N) is 4. The van der Waals surface area contributed by atoms with Crippen LogP contribution in [-0.4, -0.2) is 20.2 Å². The van der Waals surface area contributed by atoms with Gasteiger partial charge in [-0.15, -0.1) is 5.10 Å². The third-order valence-corrected chi connectivity index (χ3v) is 1.38. The van der Waals surface area contributed by atoms with E-state index in [9.17, 15) is 0 Å². The predicted octanol–water partition coefficient (Wildman–Crippen LogP) is 0.645. The van der Waals surface area contributed by atoms with Crippen LogP contribution in [0.5, 0.6) is 0 Å². The second kappa shape index (κ2) is 3.29. The van der Waals surface area contributed by atoms with Crippen LogP contribution >= 0.6 is 0 Å². The molecule has 1 aromatic rings. The van der Waals surface area contributed by atoms with E-state index in [0.717, 1.165) is 25.2 Å². The fraction of sp³-hybridized carbons (Fsp3) is 0.833.